The molecule has 1 aromatic carbocycles. The highest BCUT2D eigenvalue weighted by atomic mass is 35.5. The summed E-state index contributed by atoms with van der Waals surface area (Å²) in [6.45, 7) is 5.78. The van der Waals surface area contributed by atoms with E-state index in [2.05, 4.69) is 47.2 Å². The van der Waals surface area contributed by atoms with Crippen LogP contribution in [0.15, 0.2) is 46.9 Å². The smallest absolute Gasteiger partial charge is 0.289 e. The van der Waals surface area contributed by atoms with E-state index in [9.17, 15) is 4.79 Å². The molecule has 3 saturated heterocycles. The van der Waals surface area contributed by atoms with Gasteiger partial charge in [-0.25, -0.2) is 0 Å². The maximum absolute atomic E-state index is 13.1. The second kappa shape index (κ2) is 9.73. The van der Waals surface area contributed by atoms with Crippen LogP contribution in [0.3, 0.4) is 0 Å². The van der Waals surface area contributed by atoms with Crippen LogP contribution in [0.25, 0.3) is 0 Å². The fraction of sp³-hybridized carbons (Fsp3) is 0.522. The number of benzene rings is 1. The molecule has 0 aliphatic carbocycles. The average molecular weight is 452 g/mol. The molecule has 0 radical (unpaired) electrons. The molecule has 0 spiro atoms. The van der Waals surface area contributed by atoms with Crippen LogP contribution in [0.4, 0.5) is 0 Å². The molecule has 3 aliphatic heterocycles. The molecule has 4 heterocycles. The van der Waals surface area contributed by atoms with E-state index in [0.29, 0.717) is 23.6 Å². The Morgan fingerprint density at radius 2 is 1.73 bits per heavy atom. The predicted octanol–water partition coefficient (Wildman–Crippen LogP) is 4.09. The lowest BCUT2D eigenvalue weighted by Crippen LogP contribution is -2.33. The lowest BCUT2D eigenvalue weighted by Gasteiger charge is -2.26. The van der Waals surface area contributed by atoms with Gasteiger partial charge < -0.3 is 9.32 Å². The van der Waals surface area contributed by atoms with E-state index in [1.54, 1.807) is 0 Å². The number of hydrogen-bond donors (Lipinski definition) is 0. The van der Waals surface area contributed by atoms with Crippen LogP contribution in [0.2, 0.25) is 0 Å². The molecule has 5 rings (SSSR count). The standard InChI is InChI=1S/C23H29N3O2.2ClH/c1-24-13-18-14-26(16-20(18)22(24)17-7-3-2-4-8-17)23(27)21-10-9-19(28-21)15-25-11-5-6-12-25;;/h2-4,7-10,18,20,22H,5-6,11-16H2,1H3;2*1H/t18-,20+,22-;;/m0../s1. The normalized spacial score (nSPS) is 26.3. The molecule has 0 bridgehead atoms. The largest absolute Gasteiger partial charge is 0.455 e. The Labute approximate surface area is 191 Å². The number of carbonyl (C=O) groups is 1. The average Bonchev–Trinajstić information content (AvgIpc) is 3.47. The summed E-state index contributed by atoms with van der Waals surface area (Å²) < 4.78 is 5.93. The maximum atomic E-state index is 13.1. The molecule has 3 fully saturated rings. The molecule has 7 heteroatoms. The number of nitrogens with zero attached hydrogens (tertiary/aromatic N) is 3. The van der Waals surface area contributed by atoms with Gasteiger partial charge in [-0.3, -0.25) is 14.6 Å². The zero-order chi connectivity index (χ0) is 19.1. The fourth-order valence-electron chi connectivity index (χ4n) is 5.47. The highest BCUT2D eigenvalue weighted by Gasteiger charge is 2.47. The molecule has 1 aromatic heterocycles. The first-order chi connectivity index (χ1) is 13.7. The van der Waals surface area contributed by atoms with E-state index < -0.39 is 0 Å². The highest BCUT2D eigenvalue weighted by Crippen LogP contribution is 2.44. The van der Waals surface area contributed by atoms with Crippen molar-refractivity contribution in [1.29, 1.82) is 0 Å². The van der Waals surface area contributed by atoms with Gasteiger partial charge in [0.1, 0.15) is 5.76 Å². The number of rotatable bonds is 4. The van der Waals surface area contributed by atoms with Crippen molar-refractivity contribution < 1.29 is 9.21 Å². The molecule has 0 N–H and O–H groups in total. The summed E-state index contributed by atoms with van der Waals surface area (Å²) in [6.07, 6.45) is 2.53. The van der Waals surface area contributed by atoms with Crippen LogP contribution in [0.1, 0.15) is 40.8 Å². The van der Waals surface area contributed by atoms with Crippen molar-refractivity contribution in [3.63, 3.8) is 0 Å². The van der Waals surface area contributed by atoms with E-state index in [1.165, 1.54) is 18.4 Å². The lowest BCUT2D eigenvalue weighted by molar-refractivity contribution is 0.0732. The molecular formula is C23H31Cl2N3O2. The van der Waals surface area contributed by atoms with Crippen LogP contribution in [-0.4, -0.2) is 60.4 Å². The van der Waals surface area contributed by atoms with E-state index >= 15 is 0 Å². The van der Waals surface area contributed by atoms with Crippen molar-refractivity contribution in [1.82, 2.24) is 14.7 Å². The van der Waals surface area contributed by atoms with Crippen molar-refractivity contribution in [2.24, 2.45) is 11.8 Å². The fourth-order valence-corrected chi connectivity index (χ4v) is 5.47. The summed E-state index contributed by atoms with van der Waals surface area (Å²) >= 11 is 0. The number of furan rings is 1. The van der Waals surface area contributed by atoms with Gasteiger partial charge in [0.2, 0.25) is 0 Å². The highest BCUT2D eigenvalue weighted by molar-refractivity contribution is 5.91. The third-order valence-electron chi connectivity index (χ3n) is 6.77. The van der Waals surface area contributed by atoms with Gasteiger partial charge in [0, 0.05) is 31.6 Å². The van der Waals surface area contributed by atoms with Gasteiger partial charge in [0.25, 0.3) is 5.91 Å². The van der Waals surface area contributed by atoms with Gasteiger partial charge in [0.15, 0.2) is 5.76 Å². The number of likely N-dealkylation sites (tertiary alicyclic amines) is 3. The van der Waals surface area contributed by atoms with Crippen LogP contribution < -0.4 is 0 Å². The molecule has 0 saturated carbocycles. The Morgan fingerprint density at radius 3 is 2.47 bits per heavy atom. The quantitative estimate of drug-likeness (QED) is 0.701. The second-order valence-corrected chi connectivity index (χ2v) is 8.68. The maximum Gasteiger partial charge on any atom is 0.289 e. The summed E-state index contributed by atoms with van der Waals surface area (Å²) in [5.74, 6) is 2.50. The lowest BCUT2D eigenvalue weighted by atomic mass is 9.90. The molecule has 3 aliphatic rings. The molecule has 164 valence electrons. The Kier molecular flexibility index (Phi) is 7.51. The van der Waals surface area contributed by atoms with Crippen LogP contribution in [0.5, 0.6) is 0 Å². The van der Waals surface area contributed by atoms with Gasteiger partial charge in [-0.2, -0.15) is 0 Å². The first-order valence-electron chi connectivity index (χ1n) is 10.5. The van der Waals surface area contributed by atoms with Crippen molar-refractivity contribution in [3.8, 4) is 0 Å². The number of halogens is 2. The minimum Gasteiger partial charge on any atom is -0.455 e. The van der Waals surface area contributed by atoms with Gasteiger partial charge in [-0.05, 0) is 56.6 Å². The number of amides is 1. The number of fused-ring (bicyclic) bond motifs is 1. The predicted molar refractivity (Wildman–Crippen MR) is 122 cm³/mol. The summed E-state index contributed by atoms with van der Waals surface area (Å²) in [4.78, 5) is 19.9. The first-order valence-corrected chi connectivity index (χ1v) is 10.5. The van der Waals surface area contributed by atoms with Crippen molar-refractivity contribution >= 4 is 30.7 Å². The Morgan fingerprint density at radius 1 is 1.00 bits per heavy atom. The van der Waals surface area contributed by atoms with Crippen LogP contribution in [0, 0.1) is 11.8 Å². The second-order valence-electron chi connectivity index (χ2n) is 8.68. The number of hydrogen-bond acceptors (Lipinski definition) is 4. The minimum atomic E-state index is 0. The van der Waals surface area contributed by atoms with E-state index in [4.69, 9.17) is 4.42 Å². The molecular weight excluding hydrogens is 421 g/mol. The third kappa shape index (κ3) is 4.40. The van der Waals surface area contributed by atoms with Gasteiger partial charge in [-0.15, -0.1) is 24.8 Å². The molecule has 3 atom stereocenters. The molecule has 5 nitrogen and oxygen atoms in total. The van der Waals surface area contributed by atoms with Crippen molar-refractivity contribution in [3.05, 3.63) is 59.5 Å². The van der Waals surface area contributed by atoms with Gasteiger partial charge in [-0.1, -0.05) is 30.3 Å². The third-order valence-corrected chi connectivity index (χ3v) is 6.77. The molecule has 2 aromatic rings. The zero-order valence-corrected chi connectivity index (χ0v) is 19.0. The van der Waals surface area contributed by atoms with Crippen molar-refractivity contribution in [2.75, 3.05) is 39.8 Å². The van der Waals surface area contributed by atoms with E-state index in [0.717, 1.165) is 45.0 Å². The van der Waals surface area contributed by atoms with E-state index in [-0.39, 0.29) is 30.7 Å². The monoisotopic (exact) mass is 451 g/mol. The van der Waals surface area contributed by atoms with Crippen LogP contribution in [-0.2, 0) is 6.54 Å². The summed E-state index contributed by atoms with van der Waals surface area (Å²) in [7, 11) is 2.21. The SMILES string of the molecule is CN1C[C@H]2CN(C(=O)c3ccc(CN4CCCC4)o3)C[C@H]2[C@@H]1c1ccccc1.Cl.Cl. The Balaban J connectivity index is 0.00000128. The molecule has 1 amide bonds. The van der Waals surface area contributed by atoms with E-state index in [1.807, 2.05) is 17.0 Å². The number of carbonyl (C=O) groups excluding carboxylic acids is 1. The van der Waals surface area contributed by atoms with Gasteiger partial charge in [0.05, 0.1) is 6.54 Å². The molecule has 30 heavy (non-hydrogen) atoms. The summed E-state index contributed by atoms with van der Waals surface area (Å²) in [5, 5.41) is 0. The summed E-state index contributed by atoms with van der Waals surface area (Å²) in [6, 6.07) is 14.9. The summed E-state index contributed by atoms with van der Waals surface area (Å²) in [5.41, 5.74) is 1.36. The van der Waals surface area contributed by atoms with Gasteiger partial charge >= 0.3 is 0 Å². The zero-order valence-electron chi connectivity index (χ0n) is 17.4. The van der Waals surface area contributed by atoms with Crippen LogP contribution >= 0.6 is 24.8 Å². The Hall–Kier alpha value is -1.53. The first kappa shape index (κ1) is 23.1. The molecule has 0 unspecified atom stereocenters. The topological polar surface area (TPSA) is 39.9 Å². The van der Waals surface area contributed by atoms with Crippen molar-refractivity contribution in [2.45, 2.75) is 25.4 Å². The Bertz CT molecular complexity index is 838. The minimum absolute atomic E-state index is 0.